The van der Waals surface area contributed by atoms with Gasteiger partial charge in [-0.1, -0.05) is 104 Å². The number of hydrogen-bond acceptors (Lipinski definition) is 3. The van der Waals surface area contributed by atoms with E-state index in [9.17, 15) is 18.1 Å². The molecule has 0 aromatic carbocycles. The van der Waals surface area contributed by atoms with Crippen LogP contribution in [0.1, 0.15) is 129 Å². The first-order chi connectivity index (χ1) is 12.9. The molecule has 2 N–H and O–H groups in total. The maximum absolute atomic E-state index is 11.6. The average Bonchev–Trinajstić information content (AvgIpc) is 2.60. The van der Waals surface area contributed by atoms with Crippen LogP contribution < -0.4 is 0 Å². The van der Waals surface area contributed by atoms with Gasteiger partial charge in [-0.25, -0.2) is 0 Å². The monoisotopic (exact) mass is 406 g/mol. The maximum atomic E-state index is 11.6. The third kappa shape index (κ3) is 17.7. The molecule has 0 aliphatic rings. The van der Waals surface area contributed by atoms with Gasteiger partial charge in [-0.05, 0) is 25.7 Å². The fraction of sp³-hybridized carbons (Fsp3) is 1.00. The molecule has 4 nitrogen and oxygen atoms in total. The summed E-state index contributed by atoms with van der Waals surface area (Å²) in [6.07, 6.45) is 18.4. The Morgan fingerprint density at radius 1 is 0.593 bits per heavy atom. The summed E-state index contributed by atoms with van der Waals surface area (Å²) in [5.41, 5.74) is 0. The van der Waals surface area contributed by atoms with E-state index in [2.05, 4.69) is 13.8 Å². The third-order valence-corrected chi connectivity index (χ3v) is 6.80. The summed E-state index contributed by atoms with van der Waals surface area (Å²) in [6.45, 7) is 4.30. The summed E-state index contributed by atoms with van der Waals surface area (Å²) < 4.78 is 32.7. The van der Waals surface area contributed by atoms with Gasteiger partial charge in [0.05, 0.1) is 11.4 Å². The van der Waals surface area contributed by atoms with Crippen LogP contribution in [0.15, 0.2) is 0 Å². The minimum absolute atomic E-state index is 0.188. The fourth-order valence-electron chi connectivity index (χ4n) is 3.71. The van der Waals surface area contributed by atoms with E-state index in [0.717, 1.165) is 57.8 Å². The van der Waals surface area contributed by atoms with Gasteiger partial charge in [-0.3, -0.25) is 4.55 Å². The van der Waals surface area contributed by atoms with Crippen LogP contribution in [0.2, 0.25) is 0 Å². The Balaban J connectivity index is 3.75. The lowest BCUT2D eigenvalue weighted by Gasteiger charge is -2.14. The zero-order chi connectivity index (χ0) is 20.4. The molecule has 0 aromatic rings. The number of rotatable bonds is 20. The Morgan fingerprint density at radius 2 is 1.00 bits per heavy atom. The van der Waals surface area contributed by atoms with Gasteiger partial charge in [0, 0.05) is 0 Å². The number of unbranched alkanes of at least 4 members (excludes halogenated alkanes) is 11. The van der Waals surface area contributed by atoms with Gasteiger partial charge >= 0.3 is 0 Å². The summed E-state index contributed by atoms with van der Waals surface area (Å²) >= 11 is 0. The van der Waals surface area contributed by atoms with Crippen LogP contribution in [0.4, 0.5) is 0 Å². The van der Waals surface area contributed by atoms with Crippen molar-refractivity contribution >= 4 is 10.1 Å². The van der Waals surface area contributed by atoms with Crippen molar-refractivity contribution in [2.24, 2.45) is 0 Å². The van der Waals surface area contributed by atoms with E-state index in [1.54, 1.807) is 0 Å². The quantitative estimate of drug-likeness (QED) is 0.175. The summed E-state index contributed by atoms with van der Waals surface area (Å²) in [5.74, 6) is 0. The Bertz CT molecular complexity index is 409. The predicted molar refractivity (Wildman–Crippen MR) is 116 cm³/mol. The molecule has 0 heterocycles. The van der Waals surface area contributed by atoms with Gasteiger partial charge in [0.15, 0.2) is 0 Å². The molecule has 0 aromatic heterocycles. The highest BCUT2D eigenvalue weighted by Gasteiger charge is 2.21. The molecule has 0 amide bonds. The topological polar surface area (TPSA) is 74.6 Å². The molecule has 0 saturated carbocycles. The van der Waals surface area contributed by atoms with Gasteiger partial charge in [-0.2, -0.15) is 8.42 Å². The van der Waals surface area contributed by atoms with Crippen molar-refractivity contribution < 1.29 is 18.1 Å². The fourth-order valence-corrected chi connectivity index (χ4v) is 4.64. The highest BCUT2D eigenvalue weighted by molar-refractivity contribution is 7.86. The van der Waals surface area contributed by atoms with Gasteiger partial charge < -0.3 is 5.11 Å². The second kappa shape index (κ2) is 17.9. The van der Waals surface area contributed by atoms with Crippen LogP contribution in [0, 0.1) is 0 Å². The van der Waals surface area contributed by atoms with E-state index in [0.29, 0.717) is 12.8 Å². The van der Waals surface area contributed by atoms with Crippen molar-refractivity contribution in [1.29, 1.82) is 0 Å². The lowest BCUT2D eigenvalue weighted by atomic mass is 10.0. The molecular weight excluding hydrogens is 360 g/mol. The van der Waals surface area contributed by atoms with Crippen LogP contribution in [0.25, 0.3) is 0 Å². The lowest BCUT2D eigenvalue weighted by molar-refractivity contribution is 0.150. The third-order valence-electron chi connectivity index (χ3n) is 5.49. The summed E-state index contributed by atoms with van der Waals surface area (Å²) in [6, 6.07) is 0. The molecule has 0 bridgehead atoms. The standard InChI is InChI=1S/C22H46O4S/c1-3-5-6-7-8-9-10-11-15-19-22(27(24,25)26)20-16-13-12-14-18-21(23)17-4-2/h21-23H,3-20H2,1-2H3,(H,24,25,26). The molecule has 0 fully saturated rings. The normalized spacial score (nSPS) is 14.4. The molecule has 0 rings (SSSR count). The molecule has 5 heteroatoms. The zero-order valence-corrected chi connectivity index (χ0v) is 18.8. The van der Waals surface area contributed by atoms with Crippen molar-refractivity contribution in [3.8, 4) is 0 Å². The molecule has 2 atom stereocenters. The van der Waals surface area contributed by atoms with E-state index < -0.39 is 15.4 Å². The van der Waals surface area contributed by atoms with E-state index in [-0.39, 0.29) is 6.10 Å². The zero-order valence-electron chi connectivity index (χ0n) is 18.0. The Labute approximate surface area is 169 Å². The second-order valence-electron chi connectivity index (χ2n) is 8.19. The van der Waals surface area contributed by atoms with Crippen LogP contribution in [0.3, 0.4) is 0 Å². The van der Waals surface area contributed by atoms with E-state index in [4.69, 9.17) is 0 Å². The highest BCUT2D eigenvalue weighted by Crippen LogP contribution is 2.19. The molecule has 0 saturated heterocycles. The maximum Gasteiger partial charge on any atom is 0.267 e. The van der Waals surface area contributed by atoms with Gasteiger partial charge in [0.1, 0.15) is 0 Å². The first-order valence-electron chi connectivity index (χ1n) is 11.6. The molecule has 0 radical (unpaired) electrons. The minimum atomic E-state index is -3.93. The summed E-state index contributed by atoms with van der Waals surface area (Å²) in [7, 11) is -3.93. The van der Waals surface area contributed by atoms with Crippen LogP contribution in [0.5, 0.6) is 0 Å². The molecule has 0 aliphatic carbocycles. The largest absolute Gasteiger partial charge is 0.393 e. The summed E-state index contributed by atoms with van der Waals surface area (Å²) in [4.78, 5) is 0. The number of aliphatic hydroxyl groups excluding tert-OH is 1. The SMILES string of the molecule is CCCCCCCCCCCC(CCCCCCC(O)CCC)S(=O)(=O)O. The van der Waals surface area contributed by atoms with Gasteiger partial charge in [0.2, 0.25) is 0 Å². The minimum Gasteiger partial charge on any atom is -0.393 e. The van der Waals surface area contributed by atoms with E-state index >= 15 is 0 Å². The Hall–Kier alpha value is -0.130. The number of hydrogen-bond donors (Lipinski definition) is 2. The van der Waals surface area contributed by atoms with Crippen LogP contribution >= 0.6 is 0 Å². The predicted octanol–water partition coefficient (Wildman–Crippen LogP) is 6.67. The molecular formula is C22H46O4S. The van der Waals surface area contributed by atoms with E-state index in [1.807, 2.05) is 0 Å². The smallest absolute Gasteiger partial charge is 0.267 e. The first-order valence-corrected chi connectivity index (χ1v) is 13.1. The second-order valence-corrected chi connectivity index (χ2v) is 9.88. The molecule has 27 heavy (non-hydrogen) atoms. The molecule has 0 spiro atoms. The van der Waals surface area contributed by atoms with Crippen molar-refractivity contribution in [2.45, 2.75) is 141 Å². The Morgan fingerprint density at radius 3 is 1.41 bits per heavy atom. The molecule has 164 valence electrons. The number of aliphatic hydroxyl groups is 1. The van der Waals surface area contributed by atoms with E-state index in [1.165, 1.54) is 44.9 Å². The Kier molecular flexibility index (Phi) is 17.8. The molecule has 2 unspecified atom stereocenters. The van der Waals surface area contributed by atoms with Crippen LogP contribution in [-0.4, -0.2) is 29.4 Å². The van der Waals surface area contributed by atoms with Crippen molar-refractivity contribution in [2.75, 3.05) is 0 Å². The summed E-state index contributed by atoms with van der Waals surface area (Å²) in [5, 5.41) is 9.11. The van der Waals surface area contributed by atoms with Crippen molar-refractivity contribution in [3.05, 3.63) is 0 Å². The highest BCUT2D eigenvalue weighted by atomic mass is 32.2. The van der Waals surface area contributed by atoms with Crippen molar-refractivity contribution in [3.63, 3.8) is 0 Å². The van der Waals surface area contributed by atoms with Gasteiger partial charge in [0.25, 0.3) is 10.1 Å². The van der Waals surface area contributed by atoms with Crippen molar-refractivity contribution in [1.82, 2.24) is 0 Å². The first kappa shape index (κ1) is 26.9. The van der Waals surface area contributed by atoms with Crippen LogP contribution in [-0.2, 0) is 10.1 Å². The van der Waals surface area contributed by atoms with Gasteiger partial charge in [-0.15, -0.1) is 0 Å². The average molecular weight is 407 g/mol. The molecule has 0 aliphatic heterocycles. The lowest BCUT2D eigenvalue weighted by Crippen LogP contribution is -2.20.